The van der Waals surface area contributed by atoms with E-state index in [9.17, 15) is 9.59 Å². The first-order chi connectivity index (χ1) is 7.57. The zero-order chi connectivity index (χ0) is 12.1. The molecule has 2 amide bonds. The van der Waals surface area contributed by atoms with Gasteiger partial charge in [0.25, 0.3) is 0 Å². The Morgan fingerprint density at radius 3 is 2.75 bits per heavy atom. The molecule has 0 bridgehead atoms. The van der Waals surface area contributed by atoms with Crippen LogP contribution in [0.5, 0.6) is 0 Å². The van der Waals surface area contributed by atoms with E-state index in [1.165, 1.54) is 0 Å². The number of aliphatic carboxylic acids is 1. The smallest absolute Gasteiger partial charge is 0.317 e. The van der Waals surface area contributed by atoms with Crippen LogP contribution in [-0.4, -0.2) is 54.9 Å². The molecule has 0 aromatic rings. The van der Waals surface area contributed by atoms with Crippen molar-refractivity contribution in [2.24, 2.45) is 5.92 Å². The van der Waals surface area contributed by atoms with E-state index in [-0.39, 0.29) is 12.1 Å². The summed E-state index contributed by atoms with van der Waals surface area (Å²) in [4.78, 5) is 24.1. The highest BCUT2D eigenvalue weighted by atomic mass is 16.5. The fourth-order valence-corrected chi connectivity index (χ4v) is 1.92. The Balaban J connectivity index is 2.43. The van der Waals surface area contributed by atoms with Gasteiger partial charge in [-0.25, -0.2) is 4.79 Å². The number of hydrogen-bond donors (Lipinski definition) is 2. The molecule has 2 N–H and O–H groups in total. The van der Waals surface area contributed by atoms with Gasteiger partial charge in [-0.1, -0.05) is 0 Å². The average molecular weight is 230 g/mol. The molecule has 6 heteroatoms. The Morgan fingerprint density at radius 2 is 2.25 bits per heavy atom. The summed E-state index contributed by atoms with van der Waals surface area (Å²) in [6, 6.07) is -0.464. The molecule has 0 spiro atoms. The van der Waals surface area contributed by atoms with Crippen LogP contribution < -0.4 is 5.32 Å². The van der Waals surface area contributed by atoms with Crippen molar-refractivity contribution >= 4 is 12.0 Å². The number of nitrogens with zero attached hydrogens (tertiary/aromatic N) is 1. The van der Waals surface area contributed by atoms with Gasteiger partial charge in [0, 0.05) is 26.2 Å². The van der Waals surface area contributed by atoms with Crippen LogP contribution in [0.15, 0.2) is 0 Å². The Hall–Kier alpha value is -1.30. The first kappa shape index (κ1) is 12.8. The predicted molar refractivity (Wildman–Crippen MR) is 57.2 cm³/mol. The summed E-state index contributed by atoms with van der Waals surface area (Å²) in [5, 5.41) is 11.6. The van der Waals surface area contributed by atoms with Crippen molar-refractivity contribution in [3.8, 4) is 0 Å². The van der Waals surface area contributed by atoms with Gasteiger partial charge in [0.2, 0.25) is 0 Å². The molecule has 1 saturated heterocycles. The van der Waals surface area contributed by atoms with Crippen LogP contribution in [0.4, 0.5) is 4.79 Å². The van der Waals surface area contributed by atoms with Gasteiger partial charge in [-0.3, -0.25) is 4.79 Å². The largest absolute Gasteiger partial charge is 0.481 e. The first-order valence-electron chi connectivity index (χ1n) is 5.34. The highest BCUT2D eigenvalue weighted by molar-refractivity contribution is 5.78. The summed E-state index contributed by atoms with van der Waals surface area (Å²) in [6.07, 6.45) is 0.522. The number of rotatable bonds is 4. The van der Waals surface area contributed by atoms with Crippen LogP contribution in [0.2, 0.25) is 0 Å². The van der Waals surface area contributed by atoms with Crippen LogP contribution in [-0.2, 0) is 9.53 Å². The van der Waals surface area contributed by atoms with Crippen LogP contribution in [0, 0.1) is 5.92 Å². The second kappa shape index (κ2) is 5.69. The van der Waals surface area contributed by atoms with Crippen LogP contribution in [0.25, 0.3) is 0 Å². The summed E-state index contributed by atoms with van der Waals surface area (Å²) in [7, 11) is 1.56. The Morgan fingerprint density at radius 1 is 1.56 bits per heavy atom. The first-order valence-corrected chi connectivity index (χ1v) is 5.34. The summed E-state index contributed by atoms with van der Waals surface area (Å²) >= 11 is 0. The van der Waals surface area contributed by atoms with Crippen LogP contribution >= 0.6 is 0 Å². The Labute approximate surface area is 94.6 Å². The molecule has 2 unspecified atom stereocenters. The van der Waals surface area contributed by atoms with E-state index >= 15 is 0 Å². The maximum atomic E-state index is 11.7. The molecular formula is C10H18N2O4. The van der Waals surface area contributed by atoms with Crippen molar-refractivity contribution in [2.45, 2.75) is 19.4 Å². The molecule has 1 aliphatic rings. The molecule has 1 fully saturated rings. The molecule has 1 heterocycles. The monoisotopic (exact) mass is 230 g/mol. The van der Waals surface area contributed by atoms with Gasteiger partial charge in [-0.05, 0) is 13.3 Å². The lowest BCUT2D eigenvalue weighted by atomic mass is 10.0. The summed E-state index contributed by atoms with van der Waals surface area (Å²) in [6.45, 7) is 3.16. The standard InChI is InChI=1S/C10H18N2O4/c1-7-8(9(13)14)3-5-12(7)10(15)11-4-6-16-2/h7-8H,3-6H2,1-2H3,(H,11,15)(H,13,14). The fourth-order valence-electron chi connectivity index (χ4n) is 1.92. The minimum absolute atomic E-state index is 0.215. The molecule has 92 valence electrons. The van der Waals surface area contributed by atoms with Crippen molar-refractivity contribution in [1.82, 2.24) is 10.2 Å². The van der Waals surface area contributed by atoms with E-state index in [1.54, 1.807) is 18.9 Å². The number of urea groups is 1. The molecule has 0 radical (unpaired) electrons. The van der Waals surface area contributed by atoms with Gasteiger partial charge in [0.1, 0.15) is 0 Å². The van der Waals surface area contributed by atoms with E-state index in [0.717, 1.165) is 0 Å². The zero-order valence-electron chi connectivity index (χ0n) is 9.60. The number of carbonyl (C=O) groups is 2. The summed E-state index contributed by atoms with van der Waals surface area (Å²) < 4.78 is 4.81. The summed E-state index contributed by atoms with van der Waals surface area (Å²) in [5.74, 6) is -1.28. The zero-order valence-corrected chi connectivity index (χ0v) is 9.60. The van der Waals surface area contributed by atoms with E-state index < -0.39 is 11.9 Å². The SMILES string of the molecule is COCCNC(=O)N1CCC(C(=O)O)C1C. The Bertz CT molecular complexity index is 270. The third-order valence-corrected chi connectivity index (χ3v) is 2.92. The van der Waals surface area contributed by atoms with Crippen LogP contribution in [0.1, 0.15) is 13.3 Å². The van der Waals surface area contributed by atoms with E-state index in [0.29, 0.717) is 26.1 Å². The normalized spacial score (nSPS) is 24.5. The number of hydrogen-bond acceptors (Lipinski definition) is 3. The van der Waals surface area contributed by atoms with Gasteiger partial charge in [0.05, 0.1) is 12.5 Å². The van der Waals surface area contributed by atoms with Crippen molar-refractivity contribution in [3.63, 3.8) is 0 Å². The van der Waals surface area contributed by atoms with Crippen molar-refractivity contribution in [2.75, 3.05) is 26.8 Å². The fraction of sp³-hybridized carbons (Fsp3) is 0.800. The van der Waals surface area contributed by atoms with Crippen molar-refractivity contribution < 1.29 is 19.4 Å². The van der Waals surface area contributed by atoms with Gasteiger partial charge in [-0.15, -0.1) is 0 Å². The number of carboxylic acid groups (broad SMARTS) is 1. The highest BCUT2D eigenvalue weighted by Crippen LogP contribution is 2.23. The molecule has 2 atom stereocenters. The second-order valence-electron chi connectivity index (χ2n) is 3.89. The number of amides is 2. The average Bonchev–Trinajstić information content (AvgIpc) is 2.60. The highest BCUT2D eigenvalue weighted by Gasteiger charge is 2.37. The Kier molecular flexibility index (Phi) is 4.54. The molecular weight excluding hydrogens is 212 g/mol. The van der Waals surface area contributed by atoms with E-state index in [1.807, 2.05) is 0 Å². The van der Waals surface area contributed by atoms with Crippen LogP contribution in [0.3, 0.4) is 0 Å². The number of ether oxygens (including phenoxy) is 1. The molecule has 1 rings (SSSR count). The molecule has 6 nitrogen and oxygen atoms in total. The van der Waals surface area contributed by atoms with Gasteiger partial charge in [0.15, 0.2) is 0 Å². The molecule has 16 heavy (non-hydrogen) atoms. The molecule has 0 aromatic heterocycles. The molecule has 1 aliphatic heterocycles. The number of carboxylic acids is 1. The summed E-state index contributed by atoms with van der Waals surface area (Å²) in [5.41, 5.74) is 0. The lowest BCUT2D eigenvalue weighted by Crippen LogP contribution is -2.44. The number of carbonyl (C=O) groups excluding carboxylic acids is 1. The molecule has 0 aromatic carbocycles. The van der Waals surface area contributed by atoms with Gasteiger partial charge >= 0.3 is 12.0 Å². The van der Waals surface area contributed by atoms with Crippen molar-refractivity contribution in [1.29, 1.82) is 0 Å². The van der Waals surface area contributed by atoms with Crippen molar-refractivity contribution in [3.05, 3.63) is 0 Å². The van der Waals surface area contributed by atoms with Gasteiger partial charge < -0.3 is 20.1 Å². The second-order valence-corrected chi connectivity index (χ2v) is 3.89. The lowest BCUT2D eigenvalue weighted by molar-refractivity contribution is -0.142. The van der Waals surface area contributed by atoms with E-state index in [4.69, 9.17) is 9.84 Å². The predicted octanol–water partition coefficient (Wildman–Crippen LogP) is 0.137. The van der Waals surface area contributed by atoms with E-state index in [2.05, 4.69) is 5.32 Å². The third kappa shape index (κ3) is 2.85. The minimum atomic E-state index is -0.834. The number of methoxy groups -OCH3 is 1. The van der Waals surface area contributed by atoms with Gasteiger partial charge in [-0.2, -0.15) is 0 Å². The topological polar surface area (TPSA) is 78.9 Å². The maximum Gasteiger partial charge on any atom is 0.317 e. The lowest BCUT2D eigenvalue weighted by Gasteiger charge is -2.23. The molecule has 0 aliphatic carbocycles. The number of nitrogens with one attached hydrogen (secondary N) is 1. The third-order valence-electron chi connectivity index (χ3n) is 2.92. The minimum Gasteiger partial charge on any atom is -0.481 e. The quantitative estimate of drug-likeness (QED) is 0.673. The molecule has 0 saturated carbocycles. The maximum absolute atomic E-state index is 11.7. The number of likely N-dealkylation sites (tertiary alicyclic amines) is 1.